The van der Waals surface area contributed by atoms with Crippen molar-refractivity contribution < 1.29 is 18.7 Å². The van der Waals surface area contributed by atoms with Crippen LogP contribution in [0.25, 0.3) is 0 Å². The largest absolute Gasteiger partial charge is 0.457 e. The molecule has 122 valence electrons. The summed E-state index contributed by atoms with van der Waals surface area (Å²) in [5, 5.41) is 2.52. The molecule has 4 nitrogen and oxygen atoms in total. The first-order chi connectivity index (χ1) is 10.8. The molecule has 2 aromatic carbocycles. The van der Waals surface area contributed by atoms with Gasteiger partial charge in [0, 0.05) is 18.2 Å². The fraction of sp³-hybridized carbons (Fsp3) is 0.278. The summed E-state index contributed by atoms with van der Waals surface area (Å²) in [7, 11) is 0. The van der Waals surface area contributed by atoms with Crippen molar-refractivity contribution in [2.24, 2.45) is 0 Å². The number of alkyl carbamates (subject to hydrolysis) is 1. The summed E-state index contributed by atoms with van der Waals surface area (Å²) in [6, 6.07) is 13.6. The highest BCUT2D eigenvalue weighted by atomic mass is 19.1. The molecule has 0 fully saturated rings. The minimum absolute atomic E-state index is 0.0480. The molecule has 0 unspecified atom stereocenters. The first-order valence-electron chi connectivity index (χ1n) is 7.32. The molecule has 1 amide bonds. The van der Waals surface area contributed by atoms with Gasteiger partial charge >= 0.3 is 6.09 Å². The Morgan fingerprint density at radius 1 is 1.09 bits per heavy atom. The van der Waals surface area contributed by atoms with Gasteiger partial charge in [-0.3, -0.25) is 0 Å². The van der Waals surface area contributed by atoms with E-state index in [1.165, 1.54) is 6.07 Å². The van der Waals surface area contributed by atoms with Crippen LogP contribution in [-0.2, 0) is 11.3 Å². The quantitative estimate of drug-likeness (QED) is 0.893. The van der Waals surface area contributed by atoms with Crippen molar-refractivity contribution in [2.75, 3.05) is 0 Å². The second-order valence-electron chi connectivity index (χ2n) is 6.02. The number of halogens is 1. The van der Waals surface area contributed by atoms with Crippen LogP contribution in [0.15, 0.2) is 48.5 Å². The Morgan fingerprint density at radius 3 is 2.39 bits per heavy atom. The van der Waals surface area contributed by atoms with Crippen LogP contribution in [0.1, 0.15) is 26.3 Å². The molecular weight excluding hydrogens is 297 g/mol. The SMILES string of the molecule is CC(C)(C)OC(=O)NCc1ccc(Oc2ccccc2)cc1F. The molecule has 23 heavy (non-hydrogen) atoms. The van der Waals surface area contributed by atoms with Gasteiger partial charge in [0.05, 0.1) is 0 Å². The highest BCUT2D eigenvalue weighted by molar-refractivity contribution is 5.67. The van der Waals surface area contributed by atoms with Crippen molar-refractivity contribution >= 4 is 6.09 Å². The molecule has 0 bridgehead atoms. The molecule has 0 saturated carbocycles. The highest BCUT2D eigenvalue weighted by Gasteiger charge is 2.16. The standard InChI is InChI=1S/C18H20FNO3/c1-18(2,3)23-17(21)20-12-13-9-10-15(11-16(13)19)22-14-7-5-4-6-8-14/h4-11H,12H2,1-3H3,(H,20,21). The molecule has 0 aromatic heterocycles. The van der Waals surface area contributed by atoms with Crippen LogP contribution in [0, 0.1) is 5.82 Å². The Hall–Kier alpha value is -2.56. The predicted octanol–water partition coefficient (Wildman–Crippen LogP) is 4.64. The Kier molecular flexibility index (Phi) is 5.21. The van der Waals surface area contributed by atoms with E-state index in [9.17, 15) is 9.18 Å². The number of benzene rings is 2. The van der Waals surface area contributed by atoms with Gasteiger partial charge < -0.3 is 14.8 Å². The number of carbonyl (C=O) groups is 1. The van der Waals surface area contributed by atoms with E-state index < -0.39 is 17.5 Å². The molecule has 0 radical (unpaired) electrons. The molecule has 5 heteroatoms. The number of para-hydroxylation sites is 1. The van der Waals surface area contributed by atoms with Gasteiger partial charge in [0.25, 0.3) is 0 Å². The van der Waals surface area contributed by atoms with Crippen LogP contribution in [0.3, 0.4) is 0 Å². The van der Waals surface area contributed by atoms with E-state index in [0.29, 0.717) is 17.1 Å². The van der Waals surface area contributed by atoms with Crippen LogP contribution >= 0.6 is 0 Å². The number of amides is 1. The molecule has 0 aliphatic heterocycles. The molecule has 0 aliphatic rings. The minimum Gasteiger partial charge on any atom is -0.457 e. The van der Waals surface area contributed by atoms with Crippen LogP contribution < -0.4 is 10.1 Å². The van der Waals surface area contributed by atoms with Gasteiger partial charge in [0.15, 0.2) is 0 Å². The lowest BCUT2D eigenvalue weighted by atomic mass is 10.2. The smallest absolute Gasteiger partial charge is 0.407 e. The number of rotatable bonds is 4. The summed E-state index contributed by atoms with van der Waals surface area (Å²) < 4.78 is 24.7. The monoisotopic (exact) mass is 317 g/mol. The van der Waals surface area contributed by atoms with Crippen LogP contribution in [0.5, 0.6) is 11.5 Å². The lowest BCUT2D eigenvalue weighted by molar-refractivity contribution is 0.0523. The fourth-order valence-electron chi connectivity index (χ4n) is 1.84. The van der Waals surface area contributed by atoms with Gasteiger partial charge in [-0.1, -0.05) is 24.3 Å². The second kappa shape index (κ2) is 7.13. The van der Waals surface area contributed by atoms with E-state index in [-0.39, 0.29) is 6.54 Å². The summed E-state index contributed by atoms with van der Waals surface area (Å²) in [6.45, 7) is 5.35. The summed E-state index contributed by atoms with van der Waals surface area (Å²) in [6.07, 6.45) is -0.582. The van der Waals surface area contributed by atoms with Crippen molar-refractivity contribution in [1.29, 1.82) is 0 Å². The Bertz CT molecular complexity index is 666. The molecule has 2 rings (SSSR count). The van der Waals surface area contributed by atoms with Crippen molar-refractivity contribution in [3.8, 4) is 11.5 Å². The van der Waals surface area contributed by atoms with Crippen LogP contribution in [-0.4, -0.2) is 11.7 Å². The average Bonchev–Trinajstić information content (AvgIpc) is 2.45. The number of carbonyl (C=O) groups excluding carboxylic acids is 1. The Labute approximate surface area is 135 Å². The third kappa shape index (κ3) is 5.62. The Morgan fingerprint density at radius 2 is 1.78 bits per heavy atom. The van der Waals surface area contributed by atoms with Gasteiger partial charge in [-0.05, 0) is 39.0 Å². The third-order valence-corrected chi connectivity index (χ3v) is 2.83. The van der Waals surface area contributed by atoms with E-state index in [4.69, 9.17) is 9.47 Å². The summed E-state index contributed by atoms with van der Waals surface area (Å²) >= 11 is 0. The lowest BCUT2D eigenvalue weighted by Gasteiger charge is -2.19. The maximum Gasteiger partial charge on any atom is 0.407 e. The molecule has 0 aliphatic carbocycles. The van der Waals surface area contributed by atoms with Gasteiger partial charge in [-0.2, -0.15) is 0 Å². The third-order valence-electron chi connectivity index (χ3n) is 2.83. The lowest BCUT2D eigenvalue weighted by Crippen LogP contribution is -2.32. The number of ether oxygens (including phenoxy) is 2. The van der Waals surface area contributed by atoms with E-state index in [1.54, 1.807) is 45.0 Å². The first-order valence-corrected chi connectivity index (χ1v) is 7.32. The zero-order chi connectivity index (χ0) is 16.9. The van der Waals surface area contributed by atoms with Gasteiger partial charge in [0.2, 0.25) is 0 Å². The maximum absolute atomic E-state index is 14.1. The average molecular weight is 317 g/mol. The highest BCUT2D eigenvalue weighted by Crippen LogP contribution is 2.23. The topological polar surface area (TPSA) is 47.6 Å². The summed E-state index contributed by atoms with van der Waals surface area (Å²) in [4.78, 5) is 11.6. The number of hydrogen-bond acceptors (Lipinski definition) is 3. The van der Waals surface area contributed by atoms with Crippen LogP contribution in [0.4, 0.5) is 9.18 Å². The Balaban J connectivity index is 1.96. The number of nitrogens with one attached hydrogen (secondary N) is 1. The summed E-state index contributed by atoms with van der Waals surface area (Å²) in [5.74, 6) is 0.579. The van der Waals surface area contributed by atoms with E-state index in [2.05, 4.69) is 5.32 Å². The van der Waals surface area contributed by atoms with Crippen molar-refractivity contribution in [3.05, 3.63) is 59.9 Å². The van der Waals surface area contributed by atoms with Crippen molar-refractivity contribution in [2.45, 2.75) is 32.9 Å². The minimum atomic E-state index is -0.587. The molecule has 0 heterocycles. The van der Waals surface area contributed by atoms with E-state index in [1.807, 2.05) is 18.2 Å². The molecular formula is C18H20FNO3. The zero-order valence-corrected chi connectivity index (χ0v) is 13.4. The molecule has 1 N–H and O–H groups in total. The molecule has 0 atom stereocenters. The fourth-order valence-corrected chi connectivity index (χ4v) is 1.84. The molecule has 2 aromatic rings. The van der Waals surface area contributed by atoms with Gasteiger partial charge in [-0.25, -0.2) is 9.18 Å². The van der Waals surface area contributed by atoms with E-state index in [0.717, 1.165) is 0 Å². The zero-order valence-electron chi connectivity index (χ0n) is 13.4. The van der Waals surface area contributed by atoms with Gasteiger partial charge in [-0.15, -0.1) is 0 Å². The number of hydrogen-bond donors (Lipinski definition) is 1. The van der Waals surface area contributed by atoms with E-state index >= 15 is 0 Å². The first kappa shape index (κ1) is 16.8. The predicted molar refractivity (Wildman–Crippen MR) is 86.0 cm³/mol. The van der Waals surface area contributed by atoms with Crippen LogP contribution in [0.2, 0.25) is 0 Å². The second-order valence-corrected chi connectivity index (χ2v) is 6.02. The van der Waals surface area contributed by atoms with Crippen molar-refractivity contribution in [3.63, 3.8) is 0 Å². The molecule has 0 saturated heterocycles. The van der Waals surface area contributed by atoms with Gasteiger partial charge in [0.1, 0.15) is 22.9 Å². The van der Waals surface area contributed by atoms with Crippen molar-refractivity contribution in [1.82, 2.24) is 5.32 Å². The normalized spacial score (nSPS) is 11.0. The molecule has 0 spiro atoms. The maximum atomic E-state index is 14.1. The summed E-state index contributed by atoms with van der Waals surface area (Å²) in [5.41, 5.74) is -0.230.